The van der Waals surface area contributed by atoms with Gasteiger partial charge in [-0.15, -0.1) is 4.83 Å². The first-order valence-corrected chi connectivity index (χ1v) is 6.03. The second-order valence-electron chi connectivity index (χ2n) is 2.77. The predicted octanol–water partition coefficient (Wildman–Crippen LogP) is -0.699. The van der Waals surface area contributed by atoms with Crippen molar-refractivity contribution in [2.24, 2.45) is 5.73 Å². The van der Waals surface area contributed by atoms with Crippen molar-refractivity contribution in [2.75, 3.05) is 13.6 Å². The molecule has 0 aromatic heterocycles. The van der Waals surface area contributed by atoms with Gasteiger partial charge in [0.15, 0.2) is 5.11 Å². The van der Waals surface area contributed by atoms with Gasteiger partial charge in [0.05, 0.1) is 0 Å². The van der Waals surface area contributed by atoms with Crippen molar-refractivity contribution >= 4 is 27.5 Å². The molecule has 0 radical (unpaired) electrons. The van der Waals surface area contributed by atoms with E-state index >= 15 is 0 Å². The summed E-state index contributed by atoms with van der Waals surface area (Å²) >= 11 is 4.46. The van der Waals surface area contributed by atoms with Crippen LogP contribution in [0.15, 0.2) is 0 Å². The summed E-state index contributed by atoms with van der Waals surface area (Å²) < 4.78 is 24.0. The van der Waals surface area contributed by atoms with Crippen LogP contribution in [0.25, 0.3) is 0 Å². The highest BCUT2D eigenvalue weighted by Crippen LogP contribution is 1.96. The maximum atomic E-state index is 11.4. The van der Waals surface area contributed by atoms with Crippen LogP contribution in [0.4, 0.5) is 0 Å². The van der Waals surface area contributed by atoms with Gasteiger partial charge in [0.2, 0.25) is 0 Å². The number of nitrogens with two attached hydrogens (primary N) is 1. The third kappa shape index (κ3) is 5.32. The zero-order valence-electron chi connectivity index (χ0n) is 8.28. The van der Waals surface area contributed by atoms with Gasteiger partial charge in [-0.3, -0.25) is 5.43 Å². The molecule has 0 saturated carbocycles. The number of unbranched alkanes of at least 4 members (excludes halogenated alkanes) is 1. The molecule has 0 fully saturated rings. The van der Waals surface area contributed by atoms with Crippen molar-refractivity contribution in [3.8, 4) is 0 Å². The average Bonchev–Trinajstić information content (AvgIpc) is 2.11. The molecular formula is C6H16N4O2S2. The number of rotatable bonds is 6. The molecule has 14 heavy (non-hydrogen) atoms. The molecule has 0 aromatic rings. The minimum atomic E-state index is -3.52. The summed E-state index contributed by atoms with van der Waals surface area (Å²) in [5.41, 5.74) is 7.25. The Labute approximate surface area is 90.0 Å². The molecule has 8 heteroatoms. The van der Waals surface area contributed by atoms with Crippen LogP contribution in [0.2, 0.25) is 0 Å². The third-order valence-electron chi connectivity index (χ3n) is 1.54. The Bertz CT molecular complexity index is 278. The molecule has 0 heterocycles. The lowest BCUT2D eigenvalue weighted by atomic mass is 10.3. The van der Waals surface area contributed by atoms with Gasteiger partial charge in [-0.1, -0.05) is 13.3 Å². The predicted molar refractivity (Wildman–Crippen MR) is 59.5 cm³/mol. The fourth-order valence-corrected chi connectivity index (χ4v) is 1.57. The molecule has 4 N–H and O–H groups in total. The summed E-state index contributed by atoms with van der Waals surface area (Å²) in [6.07, 6.45) is 1.74. The van der Waals surface area contributed by atoms with Crippen molar-refractivity contribution in [1.29, 1.82) is 0 Å². The summed E-state index contributed by atoms with van der Waals surface area (Å²) in [6.45, 7) is 2.45. The van der Waals surface area contributed by atoms with Gasteiger partial charge in [0, 0.05) is 13.6 Å². The molecule has 0 spiro atoms. The molecule has 0 aromatic carbocycles. The lowest BCUT2D eigenvalue weighted by Crippen LogP contribution is -2.49. The van der Waals surface area contributed by atoms with E-state index < -0.39 is 10.2 Å². The quantitative estimate of drug-likeness (QED) is 0.422. The largest absolute Gasteiger partial charge is 0.375 e. The van der Waals surface area contributed by atoms with Crippen LogP contribution in [-0.4, -0.2) is 31.4 Å². The Morgan fingerprint density at radius 3 is 2.57 bits per heavy atom. The van der Waals surface area contributed by atoms with Crippen LogP contribution >= 0.6 is 12.2 Å². The molecule has 6 nitrogen and oxygen atoms in total. The lowest BCUT2D eigenvalue weighted by molar-refractivity contribution is 0.446. The van der Waals surface area contributed by atoms with E-state index in [0.717, 1.165) is 12.8 Å². The monoisotopic (exact) mass is 240 g/mol. The van der Waals surface area contributed by atoms with E-state index in [4.69, 9.17) is 5.73 Å². The van der Waals surface area contributed by atoms with Crippen LogP contribution in [0.3, 0.4) is 0 Å². The number of hydrogen-bond donors (Lipinski definition) is 3. The van der Waals surface area contributed by atoms with E-state index in [1.165, 1.54) is 11.4 Å². The molecule has 84 valence electrons. The van der Waals surface area contributed by atoms with Crippen molar-refractivity contribution in [2.45, 2.75) is 19.8 Å². The summed E-state index contributed by atoms with van der Waals surface area (Å²) in [5, 5.41) is -0.113. The minimum absolute atomic E-state index is 0.113. The van der Waals surface area contributed by atoms with Crippen LogP contribution in [0.5, 0.6) is 0 Å². The first kappa shape index (κ1) is 13.6. The normalized spacial score (nSPS) is 11.6. The van der Waals surface area contributed by atoms with Crippen molar-refractivity contribution in [3.05, 3.63) is 0 Å². The Balaban J connectivity index is 4.10. The van der Waals surface area contributed by atoms with Crippen LogP contribution < -0.4 is 16.0 Å². The summed E-state index contributed by atoms with van der Waals surface area (Å²) in [5.74, 6) is 0. The average molecular weight is 240 g/mol. The van der Waals surface area contributed by atoms with E-state index in [9.17, 15) is 8.42 Å². The van der Waals surface area contributed by atoms with Gasteiger partial charge in [0.25, 0.3) is 10.2 Å². The molecule has 0 rings (SSSR count). The Hall–Kier alpha value is -0.440. The van der Waals surface area contributed by atoms with Gasteiger partial charge in [-0.2, -0.15) is 12.7 Å². The Morgan fingerprint density at radius 1 is 1.57 bits per heavy atom. The molecular weight excluding hydrogens is 224 g/mol. The van der Waals surface area contributed by atoms with E-state index in [2.05, 4.69) is 17.6 Å². The highest BCUT2D eigenvalue weighted by molar-refractivity contribution is 7.87. The second-order valence-corrected chi connectivity index (χ2v) is 4.99. The van der Waals surface area contributed by atoms with Crippen LogP contribution in [0, 0.1) is 0 Å². The third-order valence-corrected chi connectivity index (χ3v) is 3.01. The summed E-state index contributed by atoms with van der Waals surface area (Å²) in [4.78, 5) is 2.05. The molecule has 0 atom stereocenters. The fraction of sp³-hybridized carbons (Fsp3) is 0.833. The maximum absolute atomic E-state index is 11.4. The highest BCUT2D eigenvalue weighted by Gasteiger charge is 2.15. The fourth-order valence-electron chi connectivity index (χ4n) is 0.694. The number of hydrazine groups is 1. The number of hydrogen-bond acceptors (Lipinski definition) is 3. The van der Waals surface area contributed by atoms with E-state index in [-0.39, 0.29) is 5.11 Å². The molecule has 0 aliphatic rings. The molecule has 0 aliphatic heterocycles. The van der Waals surface area contributed by atoms with Crippen molar-refractivity contribution in [1.82, 2.24) is 14.6 Å². The van der Waals surface area contributed by atoms with Gasteiger partial charge in [-0.05, 0) is 18.6 Å². The SMILES string of the molecule is CCCCN(C)S(=O)(=O)NNC(N)=S. The van der Waals surface area contributed by atoms with E-state index in [1.54, 1.807) is 0 Å². The topological polar surface area (TPSA) is 87.5 Å². The first-order chi connectivity index (χ1) is 6.40. The molecule has 0 bridgehead atoms. The van der Waals surface area contributed by atoms with Gasteiger partial charge in [-0.25, -0.2) is 0 Å². The molecule has 0 amide bonds. The summed E-state index contributed by atoms with van der Waals surface area (Å²) in [6, 6.07) is 0. The highest BCUT2D eigenvalue weighted by atomic mass is 32.2. The van der Waals surface area contributed by atoms with Crippen LogP contribution in [0.1, 0.15) is 19.8 Å². The van der Waals surface area contributed by atoms with Crippen LogP contribution in [-0.2, 0) is 10.2 Å². The second kappa shape index (κ2) is 6.12. The summed E-state index contributed by atoms with van der Waals surface area (Å²) in [7, 11) is -2.04. The Kier molecular flexibility index (Phi) is 5.93. The van der Waals surface area contributed by atoms with Gasteiger partial charge >= 0.3 is 0 Å². The standard InChI is InChI=1S/C6H16N4O2S2/c1-3-4-5-10(2)14(11,12)9-8-6(7)13/h9H,3-5H2,1-2H3,(H3,7,8,13). The first-order valence-electron chi connectivity index (χ1n) is 4.18. The van der Waals surface area contributed by atoms with Crippen molar-refractivity contribution < 1.29 is 8.42 Å². The molecule has 0 unspecified atom stereocenters. The van der Waals surface area contributed by atoms with E-state index in [1.807, 2.05) is 11.8 Å². The lowest BCUT2D eigenvalue weighted by Gasteiger charge is -2.17. The smallest absolute Gasteiger partial charge is 0.296 e. The van der Waals surface area contributed by atoms with Gasteiger partial charge < -0.3 is 5.73 Å². The van der Waals surface area contributed by atoms with Gasteiger partial charge in [0.1, 0.15) is 0 Å². The number of nitrogens with zero attached hydrogens (tertiary/aromatic N) is 1. The van der Waals surface area contributed by atoms with E-state index in [0.29, 0.717) is 6.54 Å². The minimum Gasteiger partial charge on any atom is -0.375 e. The maximum Gasteiger partial charge on any atom is 0.296 e. The number of nitrogens with one attached hydrogen (secondary N) is 2. The molecule has 0 saturated heterocycles. The zero-order chi connectivity index (χ0) is 11.2. The van der Waals surface area contributed by atoms with Crippen molar-refractivity contribution in [3.63, 3.8) is 0 Å². The zero-order valence-corrected chi connectivity index (χ0v) is 9.91. The number of thiocarbonyl (C=S) groups is 1. The Morgan fingerprint density at radius 2 is 2.14 bits per heavy atom. The molecule has 0 aliphatic carbocycles.